The lowest BCUT2D eigenvalue weighted by atomic mass is 9.95. The molecule has 0 aliphatic carbocycles. The summed E-state index contributed by atoms with van der Waals surface area (Å²) in [4.78, 5) is 12.1. The van der Waals surface area contributed by atoms with Gasteiger partial charge in [-0.15, -0.1) is 0 Å². The molecule has 0 aromatic rings. The van der Waals surface area contributed by atoms with Crippen molar-refractivity contribution in [1.29, 1.82) is 0 Å². The highest BCUT2D eigenvalue weighted by atomic mass is 16.8. The molecule has 7 saturated heterocycles. The molecule has 7 rings (SSSR count). The van der Waals surface area contributed by atoms with E-state index in [4.69, 9.17) is 61.6 Å². The van der Waals surface area contributed by atoms with Crippen molar-refractivity contribution in [3.8, 4) is 0 Å². The fourth-order valence-electron chi connectivity index (χ4n) is 10.3. The average Bonchev–Trinajstić information content (AvgIpc) is 3.63. The van der Waals surface area contributed by atoms with E-state index in [2.05, 4.69) is 5.32 Å². The molecule has 7 aliphatic rings. The highest BCUT2D eigenvalue weighted by Gasteiger charge is 2.58. The van der Waals surface area contributed by atoms with Gasteiger partial charge in [0.15, 0.2) is 44.0 Å². The molecule has 7 fully saturated rings. The minimum atomic E-state index is -2.35. The molecule has 7 aliphatic heterocycles. The first-order chi connectivity index (χ1) is 38.3. The summed E-state index contributed by atoms with van der Waals surface area (Å²) in [6.07, 6.45) is -68.4. The predicted molar refractivity (Wildman–Crippen MR) is 243 cm³/mol. The van der Waals surface area contributed by atoms with E-state index in [-0.39, 0.29) is 0 Å². The number of aliphatic hydroxyl groups is 22. The topological polar surface area (TPSA) is 594 Å². The van der Waals surface area contributed by atoms with Gasteiger partial charge in [-0.05, 0) is 0 Å². The number of carbonyl (C=O) groups is 1. The first kappa shape index (κ1) is 66.6. The predicted octanol–water partition coefficient (Wildman–Crippen LogP) is -16.1. The Morgan fingerprint density at radius 1 is 0.321 bits per heavy atom. The Labute approximate surface area is 457 Å². The monoisotopic (exact) mass is 1190 g/mol. The summed E-state index contributed by atoms with van der Waals surface area (Å²) in [5, 5.41) is 239. The Hall–Kier alpha value is -1.93. The SMILES string of the molecule is CC(=O)N[C@@H]1[C@@H](O)[C@H](O[C@@H]2O[C@H](CO[C@H]3O[C@H](CO)[C@@H](O)[C@H](O[C@H]4O[C@H](CO)[C@@H](O)[C@H](O)[C@@H]4O[C@H]4O[C@H](CO)[C@@H](O)[C@H](O)[C@@H]4O)[C@@H]3O)[C@@H](O)[C@H](O[C@H]3O[C@H](CO)[C@@H](O)[C@H](O)[C@@H]3O[C@H]3O[C@H](CO)[C@@H](O)[C@H](O)[C@@H]3O)[C@@H]2O)[C@@H](CO)O[C@H]1O. The molecule has 0 spiro atoms. The molecule has 0 aromatic heterocycles. The molecule has 37 nitrogen and oxygen atoms in total. The molecular formula is C44H75NO36. The van der Waals surface area contributed by atoms with Crippen molar-refractivity contribution in [2.75, 3.05) is 46.2 Å². The van der Waals surface area contributed by atoms with Crippen molar-refractivity contribution in [2.24, 2.45) is 0 Å². The molecule has 0 saturated carbocycles. The molecule has 0 unspecified atom stereocenters. The molecule has 7 heterocycles. The molecule has 0 radical (unpaired) electrons. The smallest absolute Gasteiger partial charge is 0.217 e. The van der Waals surface area contributed by atoms with E-state index < -0.39 is 267 Å². The van der Waals surface area contributed by atoms with Crippen molar-refractivity contribution in [3.05, 3.63) is 0 Å². The Kier molecular flexibility index (Phi) is 23.6. The summed E-state index contributed by atoms with van der Waals surface area (Å²) in [5.41, 5.74) is 0. The van der Waals surface area contributed by atoms with E-state index in [9.17, 15) is 117 Å². The lowest BCUT2D eigenvalue weighted by molar-refractivity contribution is -0.399. The van der Waals surface area contributed by atoms with Crippen LogP contribution in [-0.2, 0) is 66.4 Å². The van der Waals surface area contributed by atoms with Gasteiger partial charge in [0.1, 0.15) is 171 Å². The van der Waals surface area contributed by atoms with Gasteiger partial charge in [0.25, 0.3) is 0 Å². The Morgan fingerprint density at radius 3 is 1.06 bits per heavy atom. The third kappa shape index (κ3) is 14.1. The second-order valence-corrected chi connectivity index (χ2v) is 20.3. The maximum atomic E-state index is 12.1. The highest BCUT2D eigenvalue weighted by Crippen LogP contribution is 2.37. The van der Waals surface area contributed by atoms with E-state index in [1.165, 1.54) is 0 Å². The van der Waals surface area contributed by atoms with Gasteiger partial charge in [-0.3, -0.25) is 4.79 Å². The van der Waals surface area contributed by atoms with Gasteiger partial charge in [0, 0.05) is 6.92 Å². The molecule has 0 aromatic carbocycles. The Morgan fingerprint density at radius 2 is 0.642 bits per heavy atom. The fourth-order valence-corrected chi connectivity index (χ4v) is 10.3. The Bertz CT molecular complexity index is 1940. The van der Waals surface area contributed by atoms with E-state index in [1.807, 2.05) is 0 Å². The minimum Gasteiger partial charge on any atom is -0.394 e. The highest BCUT2D eigenvalue weighted by molar-refractivity contribution is 5.73. The van der Waals surface area contributed by atoms with Crippen LogP contribution >= 0.6 is 0 Å². The van der Waals surface area contributed by atoms with E-state index in [0.29, 0.717) is 0 Å². The van der Waals surface area contributed by atoms with Crippen molar-refractivity contribution < 1.29 is 179 Å². The van der Waals surface area contributed by atoms with Gasteiger partial charge < -0.3 is 179 Å². The standard InChI is InChI=1S/C44H75NO36/c1-9(52)45-17-24(59)33(15(7-51)70-38(17)68)77-42-32(67)35(79-44-37(28(63)21(56)13(5-49)75-44)81-41-30(65)26(61)19(54)11(3-47)73-41)23(58)16(76-42)8-69-39-31(66)34(22(57)14(6-50)71-39)78-43-36(27(62)20(55)12(4-48)74-43)80-40-29(64)25(60)18(53)10(2-46)72-40/h10-44,46-51,53-68H,2-8H2,1H3,(H,45,52)/t10-,11-,12-,13-,14-,15-,16-,17-,18-,19-,20-,21-,22-,23-,24-,25+,26+,27+,28+,29+,30+,31+,32+,33-,34+,35+,36+,37+,38-,39+,40-,41-,42+,43-,44-/m1/s1. The van der Waals surface area contributed by atoms with Gasteiger partial charge in [0.2, 0.25) is 5.91 Å². The number of ether oxygens (including phenoxy) is 13. The quantitative estimate of drug-likeness (QED) is 0.0538. The zero-order chi connectivity index (χ0) is 59.6. The average molecular weight is 1190 g/mol. The third-order valence-corrected chi connectivity index (χ3v) is 14.9. The Balaban J connectivity index is 1.17. The normalized spacial score (nSPS) is 51.9. The first-order valence-corrected chi connectivity index (χ1v) is 25.6. The third-order valence-electron chi connectivity index (χ3n) is 14.9. The summed E-state index contributed by atoms with van der Waals surface area (Å²) in [7, 11) is 0. The number of carbonyl (C=O) groups excluding carboxylic acids is 1. The molecule has 0 bridgehead atoms. The van der Waals surface area contributed by atoms with Crippen LogP contribution in [0.25, 0.3) is 0 Å². The van der Waals surface area contributed by atoms with E-state index in [1.54, 1.807) is 0 Å². The van der Waals surface area contributed by atoms with Crippen LogP contribution in [0.1, 0.15) is 6.92 Å². The summed E-state index contributed by atoms with van der Waals surface area (Å²) < 4.78 is 74.0. The largest absolute Gasteiger partial charge is 0.394 e. The second-order valence-electron chi connectivity index (χ2n) is 20.3. The second kappa shape index (κ2) is 28.7. The lowest BCUT2D eigenvalue weighted by Gasteiger charge is -2.50. The zero-order valence-electron chi connectivity index (χ0n) is 42.7. The van der Waals surface area contributed by atoms with Gasteiger partial charge in [0.05, 0.1) is 46.2 Å². The van der Waals surface area contributed by atoms with Crippen LogP contribution in [0.3, 0.4) is 0 Å². The van der Waals surface area contributed by atoms with Crippen LogP contribution in [0.5, 0.6) is 0 Å². The van der Waals surface area contributed by atoms with Gasteiger partial charge in [-0.25, -0.2) is 0 Å². The summed E-state index contributed by atoms with van der Waals surface area (Å²) in [6, 6.07) is -1.67. The van der Waals surface area contributed by atoms with Crippen LogP contribution < -0.4 is 5.32 Å². The molecule has 35 atom stereocenters. The van der Waals surface area contributed by atoms with Gasteiger partial charge in [-0.2, -0.15) is 0 Å². The number of amides is 1. The van der Waals surface area contributed by atoms with Crippen LogP contribution in [-0.4, -0.2) is 379 Å². The summed E-state index contributed by atoms with van der Waals surface area (Å²) >= 11 is 0. The minimum absolute atomic E-state index is 0.791. The molecule has 1 amide bonds. The van der Waals surface area contributed by atoms with E-state index in [0.717, 1.165) is 6.92 Å². The van der Waals surface area contributed by atoms with Crippen LogP contribution in [0.2, 0.25) is 0 Å². The van der Waals surface area contributed by atoms with E-state index >= 15 is 0 Å². The van der Waals surface area contributed by atoms with Crippen LogP contribution in [0.15, 0.2) is 0 Å². The van der Waals surface area contributed by atoms with Crippen molar-refractivity contribution in [3.63, 3.8) is 0 Å². The lowest BCUT2D eigenvalue weighted by Crippen LogP contribution is -2.69. The molecule has 472 valence electrons. The number of nitrogens with one attached hydrogen (secondary N) is 1. The van der Waals surface area contributed by atoms with Crippen LogP contribution in [0.4, 0.5) is 0 Å². The van der Waals surface area contributed by atoms with Crippen LogP contribution in [0, 0.1) is 0 Å². The van der Waals surface area contributed by atoms with Crippen molar-refractivity contribution >= 4 is 5.91 Å². The number of hydrogen-bond acceptors (Lipinski definition) is 36. The molecule has 81 heavy (non-hydrogen) atoms. The van der Waals surface area contributed by atoms with Crippen molar-refractivity contribution in [2.45, 2.75) is 222 Å². The van der Waals surface area contributed by atoms with Gasteiger partial charge in [-0.1, -0.05) is 0 Å². The van der Waals surface area contributed by atoms with Crippen molar-refractivity contribution in [1.82, 2.24) is 5.32 Å². The summed E-state index contributed by atoms with van der Waals surface area (Å²) in [6.45, 7) is -6.04. The molecule has 37 heteroatoms. The molecule has 23 N–H and O–H groups in total. The number of aliphatic hydroxyl groups excluding tert-OH is 22. The number of rotatable bonds is 20. The fraction of sp³-hybridized carbons (Fsp3) is 0.977. The zero-order valence-corrected chi connectivity index (χ0v) is 42.7. The maximum Gasteiger partial charge on any atom is 0.217 e. The maximum absolute atomic E-state index is 12.1. The first-order valence-electron chi connectivity index (χ1n) is 25.6. The summed E-state index contributed by atoms with van der Waals surface area (Å²) in [5.74, 6) is -0.791. The number of hydrogen-bond donors (Lipinski definition) is 23. The van der Waals surface area contributed by atoms with Gasteiger partial charge >= 0.3 is 0 Å². The molecular weight excluding hydrogens is 1120 g/mol.